The number of piperidine rings is 1. The lowest BCUT2D eigenvalue weighted by atomic mass is 10.0. The molecule has 2 atom stereocenters. The van der Waals surface area contributed by atoms with Gasteiger partial charge in [-0.25, -0.2) is 4.39 Å². The van der Waals surface area contributed by atoms with Crippen molar-refractivity contribution in [1.82, 2.24) is 25.3 Å². The van der Waals surface area contributed by atoms with E-state index in [1.165, 1.54) is 19.2 Å². The van der Waals surface area contributed by atoms with Crippen LogP contribution < -0.4 is 24.8 Å². The van der Waals surface area contributed by atoms with Crippen LogP contribution >= 0.6 is 0 Å². The second kappa shape index (κ2) is 14.0. The molecule has 43 heavy (non-hydrogen) atoms. The monoisotopic (exact) mass is 593 g/mol. The number of hydrogen-bond acceptors (Lipinski definition) is 7. The van der Waals surface area contributed by atoms with E-state index in [1.54, 1.807) is 34.0 Å². The number of rotatable bonds is 5. The summed E-state index contributed by atoms with van der Waals surface area (Å²) in [6, 6.07) is 10.9. The summed E-state index contributed by atoms with van der Waals surface area (Å²) in [5.41, 5.74) is 1.39. The van der Waals surface area contributed by atoms with Crippen LogP contribution in [0.25, 0.3) is 0 Å². The summed E-state index contributed by atoms with van der Waals surface area (Å²) < 4.78 is 33.8. The molecular weight excluding hydrogens is 557 g/mol. The summed E-state index contributed by atoms with van der Waals surface area (Å²) in [6.07, 6.45) is 5.06. The van der Waals surface area contributed by atoms with Crippen LogP contribution in [0, 0.1) is 5.82 Å². The molecule has 228 valence electrons. The van der Waals surface area contributed by atoms with Crippen molar-refractivity contribution in [2.45, 2.75) is 57.3 Å². The molecule has 1 fully saturated rings. The number of amides is 3. The third-order valence-electron chi connectivity index (χ3n) is 7.52. The predicted octanol–water partition coefficient (Wildman–Crippen LogP) is 2.62. The van der Waals surface area contributed by atoms with E-state index >= 15 is 0 Å². The Morgan fingerprint density at radius 3 is 2.84 bits per heavy atom. The third kappa shape index (κ3) is 8.24. The minimum absolute atomic E-state index is 0.0269. The zero-order chi connectivity index (χ0) is 30.2. The van der Waals surface area contributed by atoms with Crippen molar-refractivity contribution in [2.75, 3.05) is 26.8 Å². The van der Waals surface area contributed by atoms with Gasteiger partial charge in [0.05, 0.1) is 13.2 Å². The summed E-state index contributed by atoms with van der Waals surface area (Å²) >= 11 is 0. The number of nitrogens with zero attached hydrogens (tertiary/aromatic N) is 3. The Hall–Kier alpha value is -4.61. The molecule has 11 nitrogen and oxygen atoms in total. The molecule has 0 saturated carbocycles. The predicted molar refractivity (Wildman–Crippen MR) is 154 cm³/mol. The molecule has 0 radical (unpaired) electrons. The zero-order valence-corrected chi connectivity index (χ0v) is 24.1. The van der Waals surface area contributed by atoms with Crippen molar-refractivity contribution in [3.8, 4) is 17.2 Å². The maximum absolute atomic E-state index is 14.5. The standard InChI is InChI=1S/C31H36FN5O6/c1-41-27-7-5-21-6-8-29(38)33-18-22-14-23(32)17-24(15-22)43-26-9-13-36(31(40)4-2-11-37-12-3-10-34-37)19-25(26)35-30(39)20-42-28(27)16-21/h3,5,7,10,12,14-17,25-26H,2,4,6,8-9,11,13,18-20H2,1H3,(H,33,38)(H,35,39)/t25-,26-/m1/s1. The molecule has 2 N–H and O–H groups in total. The van der Waals surface area contributed by atoms with E-state index in [-0.39, 0.29) is 43.7 Å². The number of fused-ring (bicyclic) bond motifs is 5. The molecular formula is C31H36FN5O6. The zero-order valence-electron chi connectivity index (χ0n) is 24.1. The number of benzene rings is 2. The lowest BCUT2D eigenvalue weighted by molar-refractivity contribution is -0.135. The number of carbonyl (C=O) groups is 3. The van der Waals surface area contributed by atoms with Crippen LogP contribution in [0.5, 0.6) is 17.2 Å². The van der Waals surface area contributed by atoms with Gasteiger partial charge >= 0.3 is 0 Å². The number of hydrogen-bond donors (Lipinski definition) is 2. The molecule has 2 aliphatic heterocycles. The van der Waals surface area contributed by atoms with E-state index in [0.29, 0.717) is 55.8 Å². The number of halogens is 1. The van der Waals surface area contributed by atoms with Crippen LogP contribution in [0.15, 0.2) is 54.9 Å². The van der Waals surface area contributed by atoms with E-state index in [9.17, 15) is 18.8 Å². The lowest BCUT2D eigenvalue weighted by Crippen LogP contribution is -2.58. The van der Waals surface area contributed by atoms with Gasteiger partial charge in [-0.2, -0.15) is 5.10 Å². The molecule has 4 bridgehead atoms. The molecule has 1 aromatic heterocycles. The van der Waals surface area contributed by atoms with Gasteiger partial charge in [-0.15, -0.1) is 0 Å². The van der Waals surface area contributed by atoms with E-state index in [1.807, 2.05) is 18.3 Å². The number of methoxy groups -OCH3 is 1. The van der Waals surface area contributed by atoms with Crippen molar-refractivity contribution in [3.05, 3.63) is 71.8 Å². The molecule has 1 saturated heterocycles. The second-order valence-corrected chi connectivity index (χ2v) is 10.7. The molecule has 12 heteroatoms. The topological polar surface area (TPSA) is 124 Å². The summed E-state index contributed by atoms with van der Waals surface area (Å²) in [5, 5.41) is 9.98. The SMILES string of the molecule is COc1ccc2cc1OCC(=O)N[C@@H]1CN(C(=O)CCCn3cccn3)CC[C@H]1Oc1cc(F)cc(c1)CNC(=O)CC2. The fourth-order valence-electron chi connectivity index (χ4n) is 5.31. The number of aromatic nitrogens is 2. The lowest BCUT2D eigenvalue weighted by Gasteiger charge is -2.39. The number of aryl methyl sites for hydroxylation is 2. The number of likely N-dealkylation sites (tertiary alicyclic amines) is 1. The quantitative estimate of drug-likeness (QED) is 0.466. The van der Waals surface area contributed by atoms with Crippen molar-refractivity contribution in [3.63, 3.8) is 0 Å². The van der Waals surface area contributed by atoms with Gasteiger partial charge in [0.1, 0.15) is 17.7 Å². The Balaban J connectivity index is 1.34. The highest BCUT2D eigenvalue weighted by atomic mass is 19.1. The molecule has 3 amide bonds. The van der Waals surface area contributed by atoms with Gasteiger partial charge in [0.15, 0.2) is 18.1 Å². The van der Waals surface area contributed by atoms with E-state index in [0.717, 1.165) is 5.56 Å². The highest BCUT2D eigenvalue weighted by molar-refractivity contribution is 5.79. The fraction of sp³-hybridized carbons (Fsp3) is 0.419. The molecule has 5 rings (SSSR count). The van der Waals surface area contributed by atoms with Crippen molar-refractivity contribution < 1.29 is 33.0 Å². The minimum Gasteiger partial charge on any atom is -0.493 e. The second-order valence-electron chi connectivity index (χ2n) is 10.7. The summed E-state index contributed by atoms with van der Waals surface area (Å²) in [5.74, 6) is 0.00658. The van der Waals surface area contributed by atoms with Crippen molar-refractivity contribution >= 4 is 17.7 Å². The number of ether oxygens (including phenoxy) is 3. The highest BCUT2D eigenvalue weighted by Crippen LogP contribution is 2.29. The Morgan fingerprint density at radius 1 is 1.14 bits per heavy atom. The molecule has 2 aromatic carbocycles. The molecule has 3 aromatic rings. The molecule has 2 aliphatic rings. The van der Waals surface area contributed by atoms with E-state index < -0.39 is 23.9 Å². The van der Waals surface area contributed by atoms with E-state index in [2.05, 4.69) is 15.7 Å². The van der Waals surface area contributed by atoms with Crippen LogP contribution in [-0.4, -0.2) is 71.4 Å². The summed E-state index contributed by atoms with van der Waals surface area (Å²) in [6.45, 7) is 1.12. The average molecular weight is 594 g/mol. The first-order valence-electron chi connectivity index (χ1n) is 14.4. The fourth-order valence-corrected chi connectivity index (χ4v) is 5.31. The van der Waals surface area contributed by atoms with E-state index in [4.69, 9.17) is 14.2 Å². The highest BCUT2D eigenvalue weighted by Gasteiger charge is 2.34. The first-order valence-corrected chi connectivity index (χ1v) is 14.4. The van der Waals surface area contributed by atoms with Crippen LogP contribution in [-0.2, 0) is 33.9 Å². The van der Waals surface area contributed by atoms with Crippen LogP contribution in [0.4, 0.5) is 4.39 Å². The maximum Gasteiger partial charge on any atom is 0.258 e. The van der Waals surface area contributed by atoms with Gasteiger partial charge in [0, 0.05) is 63.9 Å². The van der Waals surface area contributed by atoms with Crippen LogP contribution in [0.3, 0.4) is 0 Å². The van der Waals surface area contributed by atoms with Crippen molar-refractivity contribution in [1.29, 1.82) is 0 Å². The van der Waals surface area contributed by atoms with Gasteiger partial charge in [0.25, 0.3) is 5.91 Å². The van der Waals surface area contributed by atoms with Gasteiger partial charge in [-0.1, -0.05) is 6.07 Å². The largest absolute Gasteiger partial charge is 0.493 e. The van der Waals surface area contributed by atoms with Gasteiger partial charge in [-0.05, 0) is 54.3 Å². The first kappa shape index (κ1) is 29.9. The first-order chi connectivity index (χ1) is 20.9. The Morgan fingerprint density at radius 2 is 2.02 bits per heavy atom. The third-order valence-corrected chi connectivity index (χ3v) is 7.52. The van der Waals surface area contributed by atoms with Gasteiger partial charge in [-0.3, -0.25) is 19.1 Å². The molecule has 0 unspecified atom stereocenters. The summed E-state index contributed by atoms with van der Waals surface area (Å²) in [4.78, 5) is 40.5. The molecule has 0 aliphatic carbocycles. The smallest absolute Gasteiger partial charge is 0.258 e. The Bertz CT molecular complexity index is 1430. The van der Waals surface area contributed by atoms with Gasteiger partial charge < -0.3 is 29.7 Å². The normalized spacial score (nSPS) is 19.4. The summed E-state index contributed by atoms with van der Waals surface area (Å²) in [7, 11) is 1.51. The average Bonchev–Trinajstić information content (AvgIpc) is 3.51. The molecule has 3 heterocycles. The minimum atomic E-state index is -0.571. The molecule has 0 spiro atoms. The number of nitrogens with one attached hydrogen (secondary N) is 2. The van der Waals surface area contributed by atoms with Crippen LogP contribution in [0.2, 0.25) is 0 Å². The van der Waals surface area contributed by atoms with Crippen molar-refractivity contribution in [2.24, 2.45) is 0 Å². The Kier molecular flexibility index (Phi) is 9.75. The van der Waals surface area contributed by atoms with Gasteiger partial charge in [0.2, 0.25) is 11.8 Å². The maximum atomic E-state index is 14.5. The Labute approximate surface area is 249 Å². The number of carbonyl (C=O) groups excluding carboxylic acids is 3. The van der Waals surface area contributed by atoms with Crippen LogP contribution in [0.1, 0.15) is 36.8 Å².